The second kappa shape index (κ2) is 13.6. The Kier molecular flexibility index (Phi) is 12.4. The number of nitrogens with zero attached hydrogens (tertiary/aromatic N) is 4. The van der Waals surface area contributed by atoms with Crippen LogP contribution in [-0.2, 0) is 4.79 Å². The fraction of sp³-hybridized carbons (Fsp3) is 0.905. The quantitative estimate of drug-likeness (QED) is 0.296. The van der Waals surface area contributed by atoms with E-state index >= 15 is 0 Å². The van der Waals surface area contributed by atoms with Gasteiger partial charge in [0.05, 0.1) is 0 Å². The molecule has 1 N–H and O–H groups in total. The summed E-state index contributed by atoms with van der Waals surface area (Å²) in [5.74, 6) is 1.67. The number of rotatable bonds is 9. The topological polar surface area (TPSA) is 51.2 Å². The molecular formula is C21H42IN5O. The van der Waals surface area contributed by atoms with Gasteiger partial charge in [0.2, 0.25) is 5.91 Å². The van der Waals surface area contributed by atoms with Crippen molar-refractivity contribution in [3.8, 4) is 0 Å². The molecule has 2 unspecified atom stereocenters. The first-order valence-corrected chi connectivity index (χ1v) is 11.0. The summed E-state index contributed by atoms with van der Waals surface area (Å²) in [5.41, 5.74) is 0. The molecule has 0 saturated carbocycles. The van der Waals surface area contributed by atoms with Gasteiger partial charge in [-0.3, -0.25) is 9.69 Å². The highest BCUT2D eigenvalue weighted by Crippen LogP contribution is 2.20. The van der Waals surface area contributed by atoms with E-state index in [9.17, 15) is 4.79 Å². The van der Waals surface area contributed by atoms with Crippen LogP contribution in [0.25, 0.3) is 0 Å². The summed E-state index contributed by atoms with van der Waals surface area (Å²) in [4.78, 5) is 23.4. The van der Waals surface area contributed by atoms with Crippen molar-refractivity contribution in [2.24, 2.45) is 10.9 Å². The highest BCUT2D eigenvalue weighted by molar-refractivity contribution is 14.0. The second-order valence-electron chi connectivity index (χ2n) is 8.36. The van der Waals surface area contributed by atoms with E-state index in [1.807, 2.05) is 0 Å². The number of hydrogen-bond acceptors (Lipinski definition) is 3. The monoisotopic (exact) mass is 507 g/mol. The van der Waals surface area contributed by atoms with Gasteiger partial charge in [-0.25, -0.2) is 4.99 Å². The van der Waals surface area contributed by atoms with Crippen LogP contribution in [0, 0.1) is 5.92 Å². The minimum atomic E-state index is 0. The highest BCUT2D eigenvalue weighted by Gasteiger charge is 2.31. The third kappa shape index (κ3) is 8.05. The average Bonchev–Trinajstić information content (AvgIpc) is 3.35. The molecule has 0 aromatic rings. The van der Waals surface area contributed by atoms with Crippen molar-refractivity contribution in [2.75, 3.05) is 53.4 Å². The van der Waals surface area contributed by atoms with Crippen LogP contribution in [0.1, 0.15) is 58.8 Å². The molecule has 2 heterocycles. The lowest BCUT2D eigenvalue weighted by Crippen LogP contribution is -2.44. The molecule has 2 aliphatic heterocycles. The lowest BCUT2D eigenvalue weighted by molar-refractivity contribution is -0.127. The normalized spacial score (nSPS) is 21.5. The Bertz CT molecular complexity index is 479. The molecular weight excluding hydrogens is 465 g/mol. The molecule has 6 nitrogen and oxygen atoms in total. The standard InChI is InChI=1S/C21H41N5O.HI/c1-5-7-10-18(6-2)15-22-21(23-16-20(27)24(3)4)26-14-11-19(17-26)25-12-8-9-13-25;/h18-19H,5-17H2,1-4H3,(H,22,23);1H. The maximum Gasteiger partial charge on any atom is 0.243 e. The van der Waals surface area contributed by atoms with Gasteiger partial charge in [0, 0.05) is 39.8 Å². The molecule has 0 aliphatic carbocycles. The number of unbranched alkanes of at least 4 members (excludes halogenated alkanes) is 1. The van der Waals surface area contributed by atoms with Crippen LogP contribution < -0.4 is 5.32 Å². The number of amides is 1. The number of halogens is 1. The van der Waals surface area contributed by atoms with Crippen LogP contribution in [0.15, 0.2) is 4.99 Å². The molecule has 0 bridgehead atoms. The smallest absolute Gasteiger partial charge is 0.243 e. The summed E-state index contributed by atoms with van der Waals surface area (Å²) >= 11 is 0. The predicted octanol–water partition coefficient (Wildman–Crippen LogP) is 3.02. The molecule has 2 atom stereocenters. The van der Waals surface area contributed by atoms with Gasteiger partial charge < -0.3 is 15.1 Å². The van der Waals surface area contributed by atoms with Crippen LogP contribution in [0.2, 0.25) is 0 Å². The predicted molar refractivity (Wildman–Crippen MR) is 129 cm³/mol. The summed E-state index contributed by atoms with van der Waals surface area (Å²) in [5, 5.41) is 3.61. The molecule has 2 saturated heterocycles. The van der Waals surface area contributed by atoms with Crippen molar-refractivity contribution in [1.82, 2.24) is 20.0 Å². The maximum absolute atomic E-state index is 12.0. The first-order valence-electron chi connectivity index (χ1n) is 11.0. The number of nitrogens with one attached hydrogen (secondary N) is 1. The first kappa shape index (κ1) is 25.5. The van der Waals surface area contributed by atoms with Crippen LogP contribution in [0.5, 0.6) is 0 Å². The van der Waals surface area contributed by atoms with Gasteiger partial charge in [0.1, 0.15) is 6.54 Å². The summed E-state index contributed by atoms with van der Waals surface area (Å²) in [6.45, 7) is 10.3. The van der Waals surface area contributed by atoms with Gasteiger partial charge in [0.25, 0.3) is 0 Å². The van der Waals surface area contributed by atoms with Gasteiger partial charge in [0.15, 0.2) is 5.96 Å². The van der Waals surface area contributed by atoms with E-state index in [4.69, 9.17) is 4.99 Å². The highest BCUT2D eigenvalue weighted by atomic mass is 127. The number of likely N-dealkylation sites (N-methyl/N-ethyl adjacent to an activating group) is 1. The van der Waals surface area contributed by atoms with E-state index in [1.54, 1.807) is 19.0 Å². The molecule has 28 heavy (non-hydrogen) atoms. The van der Waals surface area contributed by atoms with Gasteiger partial charge in [-0.05, 0) is 44.7 Å². The Morgan fingerprint density at radius 2 is 1.93 bits per heavy atom. The van der Waals surface area contributed by atoms with Gasteiger partial charge in [-0.15, -0.1) is 24.0 Å². The Morgan fingerprint density at radius 3 is 2.54 bits per heavy atom. The summed E-state index contributed by atoms with van der Waals surface area (Å²) in [7, 11) is 3.59. The third-order valence-corrected chi connectivity index (χ3v) is 6.07. The minimum Gasteiger partial charge on any atom is -0.356 e. The fourth-order valence-corrected chi connectivity index (χ4v) is 4.07. The number of guanidine groups is 1. The van der Waals surface area contributed by atoms with E-state index in [0.717, 1.165) is 25.6 Å². The maximum atomic E-state index is 12.0. The Morgan fingerprint density at radius 1 is 1.21 bits per heavy atom. The van der Waals surface area contributed by atoms with Crippen molar-refractivity contribution >= 4 is 35.8 Å². The van der Waals surface area contributed by atoms with Gasteiger partial charge >= 0.3 is 0 Å². The molecule has 2 rings (SSSR count). The lowest BCUT2D eigenvalue weighted by Gasteiger charge is -2.27. The molecule has 0 spiro atoms. The van der Waals surface area contributed by atoms with Crippen LogP contribution in [0.4, 0.5) is 0 Å². The van der Waals surface area contributed by atoms with Crippen LogP contribution in [0.3, 0.4) is 0 Å². The summed E-state index contributed by atoms with van der Waals surface area (Å²) < 4.78 is 0. The number of carbonyl (C=O) groups is 1. The Hall–Kier alpha value is -0.570. The van der Waals surface area contributed by atoms with E-state index in [2.05, 4.69) is 29.0 Å². The van der Waals surface area contributed by atoms with Crippen LogP contribution in [-0.4, -0.2) is 86.0 Å². The SMILES string of the molecule is CCCCC(CC)CNC(=NCC(=O)N(C)C)N1CCC(N2CCCC2)C1.I. The van der Waals surface area contributed by atoms with Crippen molar-refractivity contribution in [3.63, 3.8) is 0 Å². The van der Waals surface area contributed by atoms with E-state index < -0.39 is 0 Å². The first-order chi connectivity index (χ1) is 13.0. The van der Waals surface area contributed by atoms with Crippen molar-refractivity contribution in [3.05, 3.63) is 0 Å². The molecule has 164 valence electrons. The average molecular weight is 508 g/mol. The molecule has 1 amide bonds. The van der Waals surface area contributed by atoms with Crippen molar-refractivity contribution in [2.45, 2.75) is 64.8 Å². The zero-order valence-electron chi connectivity index (χ0n) is 18.5. The Balaban J connectivity index is 0.00000392. The Labute approximate surface area is 189 Å². The van der Waals surface area contributed by atoms with E-state index in [1.165, 1.54) is 58.0 Å². The number of aliphatic imine (C=N–C) groups is 1. The summed E-state index contributed by atoms with van der Waals surface area (Å²) in [6, 6.07) is 0.645. The lowest BCUT2D eigenvalue weighted by atomic mass is 9.99. The zero-order valence-corrected chi connectivity index (χ0v) is 20.8. The largest absolute Gasteiger partial charge is 0.356 e. The van der Waals surface area contributed by atoms with Crippen LogP contribution >= 0.6 is 24.0 Å². The van der Waals surface area contributed by atoms with Gasteiger partial charge in [-0.2, -0.15) is 0 Å². The molecule has 2 aliphatic rings. The zero-order chi connectivity index (χ0) is 19.6. The molecule has 0 aromatic carbocycles. The molecule has 7 heteroatoms. The molecule has 0 radical (unpaired) electrons. The number of likely N-dealkylation sites (tertiary alicyclic amines) is 2. The van der Waals surface area contributed by atoms with Gasteiger partial charge in [-0.1, -0.05) is 33.1 Å². The second-order valence-corrected chi connectivity index (χ2v) is 8.36. The number of hydrogen-bond donors (Lipinski definition) is 1. The third-order valence-electron chi connectivity index (χ3n) is 6.07. The number of carbonyl (C=O) groups excluding carboxylic acids is 1. The van der Waals surface area contributed by atoms with E-state index in [-0.39, 0.29) is 36.4 Å². The van der Waals surface area contributed by atoms with Crippen molar-refractivity contribution < 1.29 is 4.79 Å². The fourth-order valence-electron chi connectivity index (χ4n) is 4.07. The van der Waals surface area contributed by atoms with Crippen molar-refractivity contribution in [1.29, 1.82) is 0 Å². The summed E-state index contributed by atoms with van der Waals surface area (Å²) in [6.07, 6.45) is 8.86. The van der Waals surface area contributed by atoms with E-state index in [0.29, 0.717) is 12.0 Å². The molecule has 2 fully saturated rings. The minimum absolute atomic E-state index is 0. The molecule has 0 aromatic heterocycles.